The van der Waals surface area contributed by atoms with Crippen molar-refractivity contribution in [3.05, 3.63) is 53.8 Å². The Balaban J connectivity index is 2.01. The Kier molecular flexibility index (Phi) is 3.75. The number of halogens is 2. The molecule has 1 aromatic heterocycles. The average molecular weight is 329 g/mol. The third-order valence-electron chi connectivity index (χ3n) is 3.62. The lowest BCUT2D eigenvalue weighted by molar-refractivity contribution is 0.188. The van der Waals surface area contributed by atoms with Crippen LogP contribution in [-0.4, -0.2) is 30.5 Å². The first-order chi connectivity index (χ1) is 10.4. The minimum absolute atomic E-state index is 0.102. The summed E-state index contributed by atoms with van der Waals surface area (Å²) in [6, 6.07) is 5.15. The molecule has 2 heterocycles. The molecule has 22 heavy (non-hydrogen) atoms. The van der Waals surface area contributed by atoms with Gasteiger partial charge in [0.2, 0.25) is 5.09 Å². The summed E-state index contributed by atoms with van der Waals surface area (Å²) in [7, 11) is -3.96. The molecular formula is C14H13F2NO4S. The van der Waals surface area contributed by atoms with Crippen LogP contribution in [0.2, 0.25) is 0 Å². The Morgan fingerprint density at radius 1 is 1.23 bits per heavy atom. The number of aliphatic hydroxyl groups is 1. The molecule has 3 rings (SSSR count). The summed E-state index contributed by atoms with van der Waals surface area (Å²) in [6.07, 6.45) is 0.444. The molecular weight excluding hydrogens is 316 g/mol. The molecule has 1 saturated heterocycles. The zero-order valence-corrected chi connectivity index (χ0v) is 12.1. The molecule has 2 atom stereocenters. The highest BCUT2D eigenvalue weighted by Crippen LogP contribution is 2.37. The maximum absolute atomic E-state index is 13.4. The van der Waals surface area contributed by atoms with E-state index >= 15 is 0 Å². The third-order valence-corrected chi connectivity index (χ3v) is 5.38. The van der Waals surface area contributed by atoms with E-state index in [1.54, 1.807) is 0 Å². The van der Waals surface area contributed by atoms with Gasteiger partial charge in [0, 0.05) is 6.54 Å². The van der Waals surface area contributed by atoms with Gasteiger partial charge < -0.3 is 9.52 Å². The number of rotatable bonds is 3. The normalized spacial score (nSPS) is 23.0. The lowest BCUT2D eigenvalue weighted by Gasteiger charge is -2.22. The lowest BCUT2D eigenvalue weighted by Crippen LogP contribution is -2.31. The molecule has 8 heteroatoms. The van der Waals surface area contributed by atoms with Crippen molar-refractivity contribution < 1.29 is 26.7 Å². The summed E-state index contributed by atoms with van der Waals surface area (Å²) in [5.74, 6) is -2.07. The first kappa shape index (κ1) is 15.1. The van der Waals surface area contributed by atoms with Crippen molar-refractivity contribution in [2.24, 2.45) is 0 Å². The number of benzene rings is 1. The average Bonchev–Trinajstić information content (AvgIpc) is 3.11. The van der Waals surface area contributed by atoms with E-state index in [0.29, 0.717) is 0 Å². The standard InChI is InChI=1S/C14H13F2NO4S/c15-11-4-3-9(6-12(11)16)13-7-10(18)8-17(13)22(19,20)14-2-1-5-21-14/h1-6,10,13,18H,7-8H2/t10-,13+/m1/s1. The van der Waals surface area contributed by atoms with Gasteiger partial charge in [0.05, 0.1) is 18.4 Å². The molecule has 1 fully saturated rings. The van der Waals surface area contributed by atoms with Crippen molar-refractivity contribution in [1.82, 2.24) is 4.31 Å². The zero-order valence-electron chi connectivity index (χ0n) is 11.3. The molecule has 1 aromatic carbocycles. The van der Waals surface area contributed by atoms with Crippen LogP contribution in [0.15, 0.2) is 46.1 Å². The number of hydrogen-bond acceptors (Lipinski definition) is 4. The van der Waals surface area contributed by atoms with Crippen molar-refractivity contribution >= 4 is 10.0 Å². The van der Waals surface area contributed by atoms with Gasteiger partial charge in [-0.2, -0.15) is 4.31 Å². The highest BCUT2D eigenvalue weighted by atomic mass is 32.2. The third kappa shape index (κ3) is 2.53. The second-order valence-corrected chi connectivity index (χ2v) is 6.91. The van der Waals surface area contributed by atoms with Gasteiger partial charge in [0.1, 0.15) is 0 Å². The second-order valence-electron chi connectivity index (χ2n) is 5.09. The van der Waals surface area contributed by atoms with Gasteiger partial charge in [0.25, 0.3) is 10.0 Å². The Hall–Kier alpha value is -1.77. The molecule has 2 aromatic rings. The minimum Gasteiger partial charge on any atom is -0.452 e. The van der Waals surface area contributed by atoms with Gasteiger partial charge in [-0.1, -0.05) is 6.07 Å². The van der Waals surface area contributed by atoms with Crippen LogP contribution in [0.4, 0.5) is 8.78 Å². The summed E-state index contributed by atoms with van der Waals surface area (Å²) in [4.78, 5) is 0. The molecule has 0 radical (unpaired) electrons. The van der Waals surface area contributed by atoms with E-state index in [0.717, 1.165) is 16.4 Å². The summed E-state index contributed by atoms with van der Waals surface area (Å²) in [5, 5.41) is 9.56. The number of aliphatic hydroxyl groups excluding tert-OH is 1. The van der Waals surface area contributed by atoms with Crippen LogP contribution in [0, 0.1) is 11.6 Å². The number of sulfonamides is 1. The summed E-state index contributed by atoms with van der Waals surface area (Å²) < 4.78 is 57.5. The maximum Gasteiger partial charge on any atom is 0.277 e. The Labute approximate surface area is 125 Å². The predicted molar refractivity (Wildman–Crippen MR) is 72.3 cm³/mol. The van der Waals surface area contributed by atoms with Crippen molar-refractivity contribution in [3.8, 4) is 0 Å². The number of hydrogen-bond donors (Lipinski definition) is 1. The molecule has 0 amide bonds. The lowest BCUT2D eigenvalue weighted by atomic mass is 10.0. The smallest absolute Gasteiger partial charge is 0.277 e. The van der Waals surface area contributed by atoms with Crippen LogP contribution < -0.4 is 0 Å². The zero-order chi connectivity index (χ0) is 15.9. The quantitative estimate of drug-likeness (QED) is 0.936. The fourth-order valence-corrected chi connectivity index (χ4v) is 4.17. The van der Waals surface area contributed by atoms with Gasteiger partial charge in [0.15, 0.2) is 11.6 Å². The predicted octanol–water partition coefficient (Wildman–Crippen LogP) is 2.05. The van der Waals surface area contributed by atoms with Gasteiger partial charge in [-0.05, 0) is 36.2 Å². The fraction of sp³-hybridized carbons (Fsp3) is 0.286. The Bertz CT molecular complexity index is 776. The van der Waals surface area contributed by atoms with Crippen LogP contribution in [0.3, 0.4) is 0 Å². The maximum atomic E-state index is 13.4. The molecule has 1 aliphatic rings. The first-order valence-corrected chi connectivity index (χ1v) is 8.02. The molecule has 0 unspecified atom stereocenters. The van der Waals surface area contributed by atoms with E-state index in [1.807, 2.05) is 0 Å². The van der Waals surface area contributed by atoms with Gasteiger partial charge >= 0.3 is 0 Å². The molecule has 1 N–H and O–H groups in total. The van der Waals surface area contributed by atoms with E-state index in [9.17, 15) is 22.3 Å². The van der Waals surface area contributed by atoms with Crippen LogP contribution in [0.5, 0.6) is 0 Å². The van der Waals surface area contributed by atoms with E-state index in [2.05, 4.69) is 0 Å². The Morgan fingerprint density at radius 3 is 2.64 bits per heavy atom. The molecule has 1 aliphatic heterocycles. The van der Waals surface area contributed by atoms with Gasteiger partial charge in [-0.25, -0.2) is 17.2 Å². The summed E-state index contributed by atoms with van der Waals surface area (Å²) >= 11 is 0. The number of β-amino-alcohol motifs (C(OH)–C–C–N with tert-alkyl or cyclic N) is 1. The van der Waals surface area contributed by atoms with Crippen molar-refractivity contribution in [3.63, 3.8) is 0 Å². The van der Waals surface area contributed by atoms with Crippen molar-refractivity contribution in [2.45, 2.75) is 23.7 Å². The molecule has 0 spiro atoms. The van der Waals surface area contributed by atoms with Crippen LogP contribution in [0.1, 0.15) is 18.0 Å². The first-order valence-electron chi connectivity index (χ1n) is 6.58. The number of furan rings is 1. The number of nitrogens with zero attached hydrogens (tertiary/aromatic N) is 1. The molecule has 5 nitrogen and oxygen atoms in total. The Morgan fingerprint density at radius 2 is 2.00 bits per heavy atom. The van der Waals surface area contributed by atoms with Crippen LogP contribution in [0.25, 0.3) is 0 Å². The van der Waals surface area contributed by atoms with Crippen molar-refractivity contribution in [2.75, 3.05) is 6.54 Å². The largest absolute Gasteiger partial charge is 0.452 e. The van der Waals surface area contributed by atoms with Crippen LogP contribution in [-0.2, 0) is 10.0 Å². The van der Waals surface area contributed by atoms with Crippen molar-refractivity contribution in [1.29, 1.82) is 0 Å². The van der Waals surface area contributed by atoms with Gasteiger partial charge in [-0.3, -0.25) is 0 Å². The van der Waals surface area contributed by atoms with E-state index in [-0.39, 0.29) is 23.6 Å². The van der Waals surface area contributed by atoms with E-state index in [4.69, 9.17) is 4.42 Å². The minimum atomic E-state index is -3.96. The summed E-state index contributed by atoms with van der Waals surface area (Å²) in [6.45, 7) is -0.132. The monoisotopic (exact) mass is 329 g/mol. The molecule has 0 aliphatic carbocycles. The molecule has 118 valence electrons. The van der Waals surface area contributed by atoms with Gasteiger partial charge in [-0.15, -0.1) is 0 Å². The molecule has 0 bridgehead atoms. The summed E-state index contributed by atoms with van der Waals surface area (Å²) in [5.41, 5.74) is 0.283. The van der Waals surface area contributed by atoms with Crippen LogP contribution >= 0.6 is 0 Å². The highest BCUT2D eigenvalue weighted by molar-refractivity contribution is 7.89. The molecule has 0 saturated carbocycles. The van der Waals surface area contributed by atoms with E-state index in [1.165, 1.54) is 24.5 Å². The fourth-order valence-electron chi connectivity index (χ4n) is 2.60. The second kappa shape index (κ2) is 5.45. The van der Waals surface area contributed by atoms with E-state index < -0.39 is 33.8 Å². The highest BCUT2D eigenvalue weighted by Gasteiger charge is 2.41. The topological polar surface area (TPSA) is 70.8 Å². The SMILES string of the molecule is O=S(=O)(c1ccco1)N1C[C@H](O)C[C@H]1c1ccc(F)c(F)c1.